The second-order valence-corrected chi connectivity index (χ2v) is 6.74. The van der Waals surface area contributed by atoms with E-state index in [1.807, 2.05) is 24.3 Å². The maximum atomic E-state index is 10.0. The van der Waals surface area contributed by atoms with E-state index in [1.165, 1.54) is 36.4 Å². The molecule has 0 bridgehead atoms. The van der Waals surface area contributed by atoms with Gasteiger partial charge in [-0.25, -0.2) is 0 Å². The molecule has 151 valence electrons. The van der Waals surface area contributed by atoms with Gasteiger partial charge < -0.3 is 9.52 Å². The van der Waals surface area contributed by atoms with Crippen LogP contribution >= 0.6 is 0 Å². The average Bonchev–Trinajstić information content (AvgIpc) is 3.06. The number of aliphatic hydroxyl groups is 1. The number of carbonyl (C=O) groups is 1. The molecule has 5 heteroatoms. The van der Waals surface area contributed by atoms with Crippen LogP contribution in [0.3, 0.4) is 0 Å². The summed E-state index contributed by atoms with van der Waals surface area (Å²) in [5.41, 5.74) is 5.09. The van der Waals surface area contributed by atoms with Gasteiger partial charge in [0, 0.05) is 42.8 Å². The Morgan fingerprint density at radius 2 is 1.79 bits per heavy atom. The molecule has 0 aliphatic carbocycles. The number of aryl methyl sites for hydroxylation is 2. The number of furan rings is 1. The van der Waals surface area contributed by atoms with Crippen LogP contribution in [0.2, 0.25) is 0 Å². The normalized spacial score (nSPS) is 11.0. The largest absolute Gasteiger partial charge is 0.518 e. The van der Waals surface area contributed by atoms with E-state index in [0.29, 0.717) is 5.76 Å². The third-order valence-corrected chi connectivity index (χ3v) is 4.24. The molecule has 1 radical (unpaired) electrons. The van der Waals surface area contributed by atoms with E-state index in [4.69, 9.17) is 14.5 Å². The summed E-state index contributed by atoms with van der Waals surface area (Å²) in [6.07, 6.45) is 1.17. The van der Waals surface area contributed by atoms with E-state index in [0.717, 1.165) is 22.2 Å². The molecule has 4 nitrogen and oxygen atoms in total. The van der Waals surface area contributed by atoms with Crippen LogP contribution in [0.15, 0.2) is 64.8 Å². The first kappa shape index (κ1) is 22.5. The molecule has 0 saturated carbocycles. The molecule has 2 aromatic heterocycles. The van der Waals surface area contributed by atoms with Gasteiger partial charge in [0.15, 0.2) is 5.78 Å². The number of pyridine rings is 1. The zero-order chi connectivity index (χ0) is 20.3. The number of ketones is 1. The number of allylic oxidation sites excluding steroid dienone is 2. The second-order valence-electron chi connectivity index (χ2n) is 6.74. The van der Waals surface area contributed by atoms with Gasteiger partial charge in [-0.1, -0.05) is 42.5 Å². The molecule has 4 aromatic rings. The van der Waals surface area contributed by atoms with Crippen LogP contribution in [0.4, 0.5) is 0 Å². The first-order chi connectivity index (χ1) is 13.3. The summed E-state index contributed by atoms with van der Waals surface area (Å²) < 4.78 is 5.88. The van der Waals surface area contributed by atoms with Crippen molar-refractivity contribution in [2.75, 3.05) is 0 Å². The molecule has 29 heavy (non-hydrogen) atoms. The molecule has 0 aliphatic rings. The van der Waals surface area contributed by atoms with E-state index in [2.05, 4.69) is 44.2 Å². The summed E-state index contributed by atoms with van der Waals surface area (Å²) in [5.74, 6) is 0.636. The van der Waals surface area contributed by atoms with Crippen LogP contribution in [0.5, 0.6) is 0 Å². The van der Waals surface area contributed by atoms with Crippen molar-refractivity contribution in [2.45, 2.75) is 27.7 Å². The zero-order valence-corrected chi connectivity index (χ0v) is 19.1. The van der Waals surface area contributed by atoms with Crippen LogP contribution in [0, 0.1) is 19.9 Å². The number of fused-ring (bicyclic) bond motifs is 2. The molecule has 0 spiro atoms. The van der Waals surface area contributed by atoms with Crippen molar-refractivity contribution >= 4 is 27.7 Å². The van der Waals surface area contributed by atoms with Gasteiger partial charge in [-0.05, 0) is 38.8 Å². The summed E-state index contributed by atoms with van der Waals surface area (Å²) in [6.45, 7) is 7.04. The van der Waals surface area contributed by atoms with Crippen LogP contribution < -0.4 is 0 Å². The quantitative estimate of drug-likeness (QED) is 0.182. The summed E-state index contributed by atoms with van der Waals surface area (Å²) >= 11 is 0. The van der Waals surface area contributed by atoms with Crippen molar-refractivity contribution in [3.8, 4) is 11.5 Å². The first-order valence-corrected chi connectivity index (χ1v) is 9.01. The Hall–Kier alpha value is -2.75. The fourth-order valence-corrected chi connectivity index (χ4v) is 3.00. The third-order valence-electron chi connectivity index (χ3n) is 4.24. The molecule has 4 rings (SSSR count). The average molecular weight is 565 g/mol. The predicted octanol–water partition coefficient (Wildman–Crippen LogP) is 6.10. The minimum atomic E-state index is -0.125. The number of aliphatic hydroxyl groups excluding tert-OH is 1. The molecule has 0 aliphatic heterocycles. The maximum Gasteiger partial charge on any atom is 0.155 e. The van der Waals surface area contributed by atoms with Gasteiger partial charge in [-0.15, -0.1) is 17.5 Å². The van der Waals surface area contributed by atoms with Crippen molar-refractivity contribution in [3.05, 3.63) is 77.6 Å². The Morgan fingerprint density at radius 3 is 2.41 bits per heavy atom. The van der Waals surface area contributed by atoms with Crippen molar-refractivity contribution in [2.24, 2.45) is 0 Å². The van der Waals surface area contributed by atoms with Crippen molar-refractivity contribution < 1.29 is 34.4 Å². The smallest absolute Gasteiger partial charge is 0.155 e. The number of hydrogen-bond donors (Lipinski definition) is 1. The van der Waals surface area contributed by atoms with Gasteiger partial charge in [-0.2, -0.15) is 0 Å². The van der Waals surface area contributed by atoms with Crippen LogP contribution in [-0.2, 0) is 24.9 Å². The standard InChI is InChI=1S/C19H14NO.C5H8O2.Ir/c1-12-6-5-8-15-13(2)10-16(20-19(12)15)18-11-14-7-3-4-9-17(14)21-18;1-4(6)3-5(2)7;/h3-10H,1-2H3;3,6H,1-2H3;/q-1;;/b;4-3-;. The molecular weight excluding hydrogens is 542 g/mol. The van der Waals surface area contributed by atoms with Gasteiger partial charge in [-0.3, -0.25) is 9.78 Å². The number of benzene rings is 2. The van der Waals surface area contributed by atoms with E-state index in [9.17, 15) is 4.79 Å². The Morgan fingerprint density at radius 1 is 1.07 bits per heavy atom. The first-order valence-electron chi connectivity index (χ1n) is 9.01. The van der Waals surface area contributed by atoms with E-state index in [-0.39, 0.29) is 31.6 Å². The number of aromatic nitrogens is 1. The van der Waals surface area contributed by atoms with Crippen molar-refractivity contribution in [3.63, 3.8) is 0 Å². The number of carbonyl (C=O) groups excluding carboxylic acids is 1. The van der Waals surface area contributed by atoms with Crippen LogP contribution in [-0.4, -0.2) is 15.9 Å². The molecule has 1 N–H and O–H groups in total. The molecule has 0 amide bonds. The molecular formula is C24H22IrNO3-. The zero-order valence-electron chi connectivity index (χ0n) is 16.7. The summed E-state index contributed by atoms with van der Waals surface area (Å²) in [6, 6.07) is 19.5. The van der Waals surface area contributed by atoms with Gasteiger partial charge >= 0.3 is 0 Å². The van der Waals surface area contributed by atoms with Crippen molar-refractivity contribution in [1.82, 2.24) is 4.98 Å². The molecule has 0 atom stereocenters. The minimum absolute atomic E-state index is 0. The maximum absolute atomic E-state index is 10.0. The van der Waals surface area contributed by atoms with Gasteiger partial charge in [0.25, 0.3) is 0 Å². The molecule has 2 heterocycles. The molecule has 2 aromatic carbocycles. The summed E-state index contributed by atoms with van der Waals surface area (Å²) in [7, 11) is 0. The summed E-state index contributed by atoms with van der Waals surface area (Å²) in [5, 5.41) is 10.5. The SMILES string of the molecule is CC(=O)/C=C(/C)O.Cc1cc(-c2[c-]c3ccccc3o2)nc2c(C)cccc12.[Ir]. The Labute approximate surface area is 183 Å². The summed E-state index contributed by atoms with van der Waals surface area (Å²) in [4.78, 5) is 14.8. The fraction of sp³-hybridized carbons (Fsp3) is 0.167. The Kier molecular flexibility index (Phi) is 7.49. The van der Waals surface area contributed by atoms with E-state index < -0.39 is 0 Å². The van der Waals surface area contributed by atoms with Crippen LogP contribution in [0.1, 0.15) is 25.0 Å². The predicted molar refractivity (Wildman–Crippen MR) is 112 cm³/mol. The van der Waals surface area contributed by atoms with Gasteiger partial charge in [0.1, 0.15) is 0 Å². The topological polar surface area (TPSA) is 63.3 Å². The molecule has 0 saturated heterocycles. The number of rotatable bonds is 2. The third kappa shape index (κ3) is 5.41. The molecule has 0 unspecified atom stereocenters. The monoisotopic (exact) mass is 565 g/mol. The number of hydrogen-bond acceptors (Lipinski definition) is 4. The van der Waals surface area contributed by atoms with E-state index >= 15 is 0 Å². The number of nitrogens with zero attached hydrogens (tertiary/aromatic N) is 1. The molecule has 0 fully saturated rings. The van der Waals surface area contributed by atoms with E-state index in [1.54, 1.807) is 0 Å². The minimum Gasteiger partial charge on any atom is -0.518 e. The Balaban J connectivity index is 0.000000327. The fourth-order valence-electron chi connectivity index (χ4n) is 3.00. The van der Waals surface area contributed by atoms with Crippen molar-refractivity contribution in [1.29, 1.82) is 0 Å². The second kappa shape index (κ2) is 9.64. The number of para-hydroxylation sites is 2. The van der Waals surface area contributed by atoms with Crippen LogP contribution in [0.25, 0.3) is 33.3 Å². The van der Waals surface area contributed by atoms with Gasteiger partial charge in [0.2, 0.25) is 0 Å². The van der Waals surface area contributed by atoms with Gasteiger partial charge in [0.05, 0.1) is 17.0 Å². The Bertz CT molecular complexity index is 1150.